The van der Waals surface area contributed by atoms with E-state index >= 15 is 0 Å². The first-order chi connectivity index (χ1) is 12.1. The molecule has 0 atom stereocenters. The Labute approximate surface area is 173 Å². The number of nitrogens with one attached hydrogen (secondary N) is 2. The van der Waals surface area contributed by atoms with Crippen LogP contribution in [0.3, 0.4) is 0 Å². The SMILES string of the molecule is CCNC(=NCCCn1nc(C)cc1C)NCCCn1cc(C)cn1.I. The van der Waals surface area contributed by atoms with Gasteiger partial charge in [0, 0.05) is 44.6 Å². The third kappa shape index (κ3) is 7.76. The fraction of sp³-hybridized carbons (Fsp3) is 0.611. The van der Waals surface area contributed by atoms with Gasteiger partial charge in [-0.3, -0.25) is 14.4 Å². The summed E-state index contributed by atoms with van der Waals surface area (Å²) in [5, 5.41) is 15.5. The van der Waals surface area contributed by atoms with Gasteiger partial charge in [0.25, 0.3) is 0 Å². The summed E-state index contributed by atoms with van der Waals surface area (Å²) in [4.78, 5) is 4.64. The maximum absolute atomic E-state index is 4.64. The number of nitrogens with zero attached hydrogens (tertiary/aromatic N) is 5. The van der Waals surface area contributed by atoms with E-state index in [0.29, 0.717) is 0 Å². The van der Waals surface area contributed by atoms with Crippen LogP contribution in [0.25, 0.3) is 0 Å². The Bertz CT molecular complexity index is 675. The number of guanidine groups is 1. The van der Waals surface area contributed by atoms with Crippen LogP contribution < -0.4 is 10.6 Å². The molecule has 2 aromatic rings. The van der Waals surface area contributed by atoms with Gasteiger partial charge in [0.15, 0.2) is 5.96 Å². The molecule has 0 aliphatic rings. The fourth-order valence-electron chi connectivity index (χ4n) is 2.69. The van der Waals surface area contributed by atoms with E-state index in [9.17, 15) is 0 Å². The molecule has 0 bridgehead atoms. The van der Waals surface area contributed by atoms with Crippen LogP contribution in [-0.2, 0) is 13.1 Å². The first-order valence-corrected chi connectivity index (χ1v) is 9.10. The molecule has 0 aliphatic heterocycles. The lowest BCUT2D eigenvalue weighted by Gasteiger charge is -2.11. The fourth-order valence-corrected chi connectivity index (χ4v) is 2.69. The van der Waals surface area contributed by atoms with E-state index in [1.54, 1.807) is 0 Å². The molecule has 0 amide bonds. The van der Waals surface area contributed by atoms with Crippen LogP contribution in [-0.4, -0.2) is 45.2 Å². The number of aromatic nitrogens is 4. The van der Waals surface area contributed by atoms with E-state index in [2.05, 4.69) is 63.5 Å². The zero-order valence-corrected chi connectivity index (χ0v) is 18.7. The number of rotatable bonds is 9. The number of hydrogen-bond acceptors (Lipinski definition) is 3. The summed E-state index contributed by atoms with van der Waals surface area (Å²) < 4.78 is 4.03. The van der Waals surface area contributed by atoms with Crippen LogP contribution in [0.4, 0.5) is 0 Å². The van der Waals surface area contributed by atoms with Crippen molar-refractivity contribution in [2.45, 2.75) is 53.6 Å². The summed E-state index contributed by atoms with van der Waals surface area (Å²) in [5.41, 5.74) is 3.48. The Morgan fingerprint density at radius 2 is 1.96 bits per heavy atom. The molecule has 2 N–H and O–H groups in total. The Morgan fingerprint density at radius 1 is 1.15 bits per heavy atom. The lowest BCUT2D eigenvalue weighted by atomic mass is 10.4. The molecular weight excluding hydrogens is 441 g/mol. The number of aryl methyl sites for hydroxylation is 5. The standard InChI is InChI=1S/C18H31N7.HI/c1-5-19-18(20-8-6-10-24-14-15(2)13-22-24)21-9-7-11-25-17(4)12-16(3)23-25;/h12-14H,5-11H2,1-4H3,(H2,19,20,21);1H. The van der Waals surface area contributed by atoms with Crippen molar-refractivity contribution < 1.29 is 0 Å². The number of halogens is 1. The number of hydrogen-bond donors (Lipinski definition) is 2. The minimum atomic E-state index is 0. The molecule has 2 aromatic heterocycles. The molecule has 0 fully saturated rings. The molecule has 26 heavy (non-hydrogen) atoms. The van der Waals surface area contributed by atoms with Gasteiger partial charge in [-0.25, -0.2) is 0 Å². The second kappa shape index (κ2) is 11.9. The highest BCUT2D eigenvalue weighted by molar-refractivity contribution is 14.0. The van der Waals surface area contributed by atoms with Crippen molar-refractivity contribution in [3.63, 3.8) is 0 Å². The van der Waals surface area contributed by atoms with Crippen LogP contribution in [0.2, 0.25) is 0 Å². The van der Waals surface area contributed by atoms with Crippen molar-refractivity contribution in [3.8, 4) is 0 Å². The summed E-state index contributed by atoms with van der Waals surface area (Å²) in [6, 6.07) is 2.11. The molecule has 0 aliphatic carbocycles. The van der Waals surface area contributed by atoms with Crippen LogP contribution in [0.5, 0.6) is 0 Å². The minimum absolute atomic E-state index is 0. The molecule has 0 spiro atoms. The van der Waals surface area contributed by atoms with Gasteiger partial charge in [-0.05, 0) is 52.2 Å². The lowest BCUT2D eigenvalue weighted by molar-refractivity contribution is 0.562. The molecule has 7 nitrogen and oxygen atoms in total. The molecule has 0 saturated carbocycles. The topological polar surface area (TPSA) is 72.1 Å². The molecule has 2 heterocycles. The molecule has 0 saturated heterocycles. The smallest absolute Gasteiger partial charge is 0.191 e. The van der Waals surface area contributed by atoms with Crippen molar-refractivity contribution in [2.24, 2.45) is 4.99 Å². The van der Waals surface area contributed by atoms with Gasteiger partial charge in [0.05, 0.1) is 11.9 Å². The second-order valence-corrected chi connectivity index (χ2v) is 6.33. The lowest BCUT2D eigenvalue weighted by Crippen LogP contribution is -2.38. The average Bonchev–Trinajstić information content (AvgIpc) is 3.12. The van der Waals surface area contributed by atoms with Crippen molar-refractivity contribution in [1.82, 2.24) is 30.2 Å². The van der Waals surface area contributed by atoms with E-state index in [0.717, 1.165) is 57.2 Å². The summed E-state index contributed by atoms with van der Waals surface area (Å²) in [7, 11) is 0. The molecular formula is C18H32IN7. The summed E-state index contributed by atoms with van der Waals surface area (Å²) in [6.45, 7) is 12.6. The van der Waals surface area contributed by atoms with Crippen molar-refractivity contribution in [2.75, 3.05) is 19.6 Å². The minimum Gasteiger partial charge on any atom is -0.357 e. The average molecular weight is 473 g/mol. The maximum atomic E-state index is 4.64. The van der Waals surface area contributed by atoms with E-state index < -0.39 is 0 Å². The molecule has 0 aromatic carbocycles. The Kier molecular flexibility index (Phi) is 10.3. The predicted octanol–water partition coefficient (Wildman–Crippen LogP) is 2.66. The molecule has 0 radical (unpaired) electrons. The van der Waals surface area contributed by atoms with Gasteiger partial charge in [0.2, 0.25) is 0 Å². The third-order valence-corrected chi connectivity index (χ3v) is 3.86. The summed E-state index contributed by atoms with van der Waals surface area (Å²) in [6.07, 6.45) is 5.95. The summed E-state index contributed by atoms with van der Waals surface area (Å²) >= 11 is 0. The molecule has 2 rings (SSSR count). The Hall–Kier alpha value is -1.58. The van der Waals surface area contributed by atoms with Crippen molar-refractivity contribution >= 4 is 29.9 Å². The Balaban J connectivity index is 0.00000338. The van der Waals surface area contributed by atoms with Crippen LogP contribution in [0, 0.1) is 20.8 Å². The van der Waals surface area contributed by atoms with Crippen LogP contribution in [0.15, 0.2) is 23.5 Å². The van der Waals surface area contributed by atoms with E-state index in [1.807, 2.05) is 17.8 Å². The second-order valence-electron chi connectivity index (χ2n) is 6.33. The van der Waals surface area contributed by atoms with Crippen molar-refractivity contribution in [1.29, 1.82) is 0 Å². The van der Waals surface area contributed by atoms with Crippen LogP contribution >= 0.6 is 24.0 Å². The van der Waals surface area contributed by atoms with E-state index in [4.69, 9.17) is 0 Å². The van der Waals surface area contributed by atoms with Gasteiger partial charge in [-0.15, -0.1) is 24.0 Å². The largest absolute Gasteiger partial charge is 0.357 e. The van der Waals surface area contributed by atoms with Gasteiger partial charge in [0.1, 0.15) is 0 Å². The monoisotopic (exact) mass is 473 g/mol. The molecule has 0 unspecified atom stereocenters. The van der Waals surface area contributed by atoms with E-state index in [-0.39, 0.29) is 24.0 Å². The highest BCUT2D eigenvalue weighted by Crippen LogP contribution is 2.02. The molecule has 8 heteroatoms. The quantitative estimate of drug-likeness (QED) is 0.254. The summed E-state index contributed by atoms with van der Waals surface area (Å²) in [5.74, 6) is 0.882. The first kappa shape index (κ1) is 22.5. The van der Waals surface area contributed by atoms with Gasteiger partial charge in [-0.2, -0.15) is 10.2 Å². The highest BCUT2D eigenvalue weighted by atomic mass is 127. The maximum Gasteiger partial charge on any atom is 0.191 e. The van der Waals surface area contributed by atoms with Gasteiger partial charge < -0.3 is 10.6 Å². The zero-order chi connectivity index (χ0) is 18.1. The van der Waals surface area contributed by atoms with Gasteiger partial charge >= 0.3 is 0 Å². The van der Waals surface area contributed by atoms with Crippen molar-refractivity contribution in [3.05, 3.63) is 35.4 Å². The zero-order valence-electron chi connectivity index (χ0n) is 16.3. The van der Waals surface area contributed by atoms with E-state index in [1.165, 1.54) is 11.3 Å². The third-order valence-electron chi connectivity index (χ3n) is 3.86. The highest BCUT2D eigenvalue weighted by Gasteiger charge is 2.01. The normalized spacial score (nSPS) is 11.3. The van der Waals surface area contributed by atoms with Crippen LogP contribution in [0.1, 0.15) is 36.7 Å². The predicted molar refractivity (Wildman–Crippen MR) is 117 cm³/mol. The number of aliphatic imine (C=N–C) groups is 1. The van der Waals surface area contributed by atoms with Gasteiger partial charge in [-0.1, -0.05) is 0 Å². The first-order valence-electron chi connectivity index (χ1n) is 9.10. The molecule has 146 valence electrons. The Morgan fingerprint density at radius 3 is 2.58 bits per heavy atom.